The maximum Gasteiger partial charge on any atom is 0.263 e. The van der Waals surface area contributed by atoms with Gasteiger partial charge in [-0.2, -0.15) is 4.98 Å². The second-order valence-corrected chi connectivity index (χ2v) is 9.02. The highest BCUT2D eigenvalue weighted by molar-refractivity contribution is 7.19. The summed E-state index contributed by atoms with van der Waals surface area (Å²) in [5.74, 6) is 0.783. The topological polar surface area (TPSA) is 73.8 Å². The van der Waals surface area contributed by atoms with Crippen molar-refractivity contribution in [1.29, 1.82) is 0 Å². The van der Waals surface area contributed by atoms with Crippen molar-refractivity contribution in [3.05, 3.63) is 74.2 Å². The largest absolute Gasteiger partial charge is 0.337 e. The zero-order valence-corrected chi connectivity index (χ0v) is 17.5. The molecule has 0 N–H and O–H groups in total. The first-order valence-corrected chi connectivity index (χ1v) is 10.8. The summed E-state index contributed by atoms with van der Waals surface area (Å²) in [6.45, 7) is 2.20. The van der Waals surface area contributed by atoms with E-state index in [1.54, 1.807) is 23.5 Å². The fourth-order valence-electron chi connectivity index (χ4n) is 3.02. The Hall–Kier alpha value is -2.81. The third kappa shape index (κ3) is 3.39. The number of benzene rings is 1. The zero-order chi connectivity index (χ0) is 20.0. The van der Waals surface area contributed by atoms with Crippen LogP contribution in [0.3, 0.4) is 0 Å². The molecule has 0 unspecified atom stereocenters. The number of rotatable bonds is 4. The van der Waals surface area contributed by atoms with Gasteiger partial charge in [0.15, 0.2) is 0 Å². The molecule has 0 bridgehead atoms. The van der Waals surface area contributed by atoms with E-state index in [0.717, 1.165) is 20.8 Å². The van der Waals surface area contributed by atoms with Crippen LogP contribution in [-0.4, -0.2) is 19.7 Å². The maximum absolute atomic E-state index is 13.1. The van der Waals surface area contributed by atoms with Gasteiger partial charge in [0.05, 0.1) is 11.7 Å². The van der Waals surface area contributed by atoms with E-state index in [0.29, 0.717) is 22.1 Å². The molecule has 1 aromatic carbocycles. The second-order valence-electron chi connectivity index (χ2n) is 6.44. The SMILES string of the molecule is Cc1ccc(-c2csc3ncn(Cc4nc(-c5ccc(Cl)cc5)no4)c(=O)c23)s1. The molecule has 0 fully saturated rings. The van der Waals surface area contributed by atoms with Gasteiger partial charge in [-0.15, -0.1) is 22.7 Å². The van der Waals surface area contributed by atoms with Crippen molar-refractivity contribution in [3.8, 4) is 21.8 Å². The lowest BCUT2D eigenvalue weighted by Crippen LogP contribution is -2.21. The van der Waals surface area contributed by atoms with Gasteiger partial charge in [-0.3, -0.25) is 9.36 Å². The molecule has 0 radical (unpaired) electrons. The lowest BCUT2D eigenvalue weighted by atomic mass is 10.2. The molecule has 29 heavy (non-hydrogen) atoms. The van der Waals surface area contributed by atoms with Gasteiger partial charge in [-0.1, -0.05) is 16.8 Å². The average Bonchev–Trinajstić information content (AvgIpc) is 3.44. The van der Waals surface area contributed by atoms with Crippen molar-refractivity contribution in [2.45, 2.75) is 13.5 Å². The molecule has 0 saturated carbocycles. The van der Waals surface area contributed by atoms with Crippen LogP contribution in [-0.2, 0) is 6.54 Å². The lowest BCUT2D eigenvalue weighted by Gasteiger charge is -2.02. The molecule has 9 heteroatoms. The number of hydrogen-bond donors (Lipinski definition) is 0. The molecule has 144 valence electrons. The highest BCUT2D eigenvalue weighted by Gasteiger charge is 2.16. The van der Waals surface area contributed by atoms with Gasteiger partial charge in [-0.25, -0.2) is 4.98 Å². The highest BCUT2D eigenvalue weighted by atomic mass is 35.5. The molecule has 0 aliphatic carbocycles. The van der Waals surface area contributed by atoms with Crippen molar-refractivity contribution in [2.24, 2.45) is 0 Å². The van der Waals surface area contributed by atoms with Gasteiger partial charge in [0.2, 0.25) is 11.7 Å². The summed E-state index contributed by atoms with van der Waals surface area (Å²) in [7, 11) is 0. The average molecular weight is 441 g/mol. The summed E-state index contributed by atoms with van der Waals surface area (Å²) in [5.41, 5.74) is 1.59. The summed E-state index contributed by atoms with van der Waals surface area (Å²) < 4.78 is 6.84. The van der Waals surface area contributed by atoms with Crippen LogP contribution in [0.15, 0.2) is 57.4 Å². The summed E-state index contributed by atoms with van der Waals surface area (Å²) >= 11 is 9.05. The van der Waals surface area contributed by atoms with Crippen LogP contribution in [0.25, 0.3) is 32.0 Å². The molecule has 0 amide bonds. The molecule has 0 aliphatic heterocycles. The smallest absolute Gasteiger partial charge is 0.263 e. The fourth-order valence-corrected chi connectivity index (χ4v) is 5.01. The second kappa shape index (κ2) is 7.22. The molecule has 4 heterocycles. The number of aryl methyl sites for hydroxylation is 1. The van der Waals surface area contributed by atoms with Crippen LogP contribution in [0.4, 0.5) is 0 Å². The van der Waals surface area contributed by atoms with Crippen molar-refractivity contribution >= 4 is 44.5 Å². The Labute approximate surface area is 178 Å². The minimum Gasteiger partial charge on any atom is -0.337 e. The van der Waals surface area contributed by atoms with E-state index in [-0.39, 0.29) is 12.1 Å². The van der Waals surface area contributed by atoms with Gasteiger partial charge in [0.1, 0.15) is 11.4 Å². The Morgan fingerprint density at radius 3 is 2.76 bits per heavy atom. The Kier molecular flexibility index (Phi) is 4.54. The molecule has 6 nitrogen and oxygen atoms in total. The van der Waals surface area contributed by atoms with Crippen LogP contribution in [0.1, 0.15) is 10.8 Å². The van der Waals surface area contributed by atoms with E-state index in [9.17, 15) is 4.79 Å². The first-order chi connectivity index (χ1) is 14.1. The molecule has 0 atom stereocenters. The predicted octanol–water partition coefficient (Wildman–Crippen LogP) is 5.25. The van der Waals surface area contributed by atoms with Crippen LogP contribution in [0.5, 0.6) is 0 Å². The van der Waals surface area contributed by atoms with Crippen LogP contribution >= 0.6 is 34.3 Å². The number of aromatic nitrogens is 4. The normalized spacial score (nSPS) is 11.4. The molecule has 0 spiro atoms. The van der Waals surface area contributed by atoms with Crippen LogP contribution in [0.2, 0.25) is 5.02 Å². The standard InChI is InChI=1S/C20H13ClN4O2S2/c1-11-2-7-15(29-11)14-9-28-19-17(14)20(26)25(10-22-19)8-16-23-18(24-27-16)12-3-5-13(21)6-4-12/h2-7,9-10H,8H2,1H3. The number of thiophene rings is 2. The van der Waals surface area contributed by atoms with Gasteiger partial charge < -0.3 is 4.52 Å². The summed E-state index contributed by atoms with van der Waals surface area (Å²) in [6, 6.07) is 11.2. The Balaban J connectivity index is 1.51. The minimum absolute atomic E-state index is 0.122. The van der Waals surface area contributed by atoms with Crippen LogP contribution in [0, 0.1) is 6.92 Å². The maximum atomic E-state index is 13.1. The molecule has 0 aliphatic rings. The quantitative estimate of drug-likeness (QED) is 0.381. The summed E-state index contributed by atoms with van der Waals surface area (Å²) in [4.78, 5) is 25.0. The lowest BCUT2D eigenvalue weighted by molar-refractivity contribution is 0.369. The van der Waals surface area contributed by atoms with E-state index in [2.05, 4.69) is 21.2 Å². The first-order valence-electron chi connectivity index (χ1n) is 8.70. The predicted molar refractivity (Wildman–Crippen MR) is 116 cm³/mol. The van der Waals surface area contributed by atoms with E-state index >= 15 is 0 Å². The van der Waals surface area contributed by atoms with E-state index in [1.807, 2.05) is 30.5 Å². The highest BCUT2D eigenvalue weighted by Crippen LogP contribution is 2.34. The monoisotopic (exact) mass is 440 g/mol. The summed E-state index contributed by atoms with van der Waals surface area (Å²) in [6.07, 6.45) is 1.52. The Morgan fingerprint density at radius 1 is 1.17 bits per heavy atom. The zero-order valence-electron chi connectivity index (χ0n) is 15.1. The fraction of sp³-hybridized carbons (Fsp3) is 0.100. The van der Waals surface area contributed by atoms with Crippen molar-refractivity contribution < 1.29 is 4.52 Å². The van der Waals surface area contributed by atoms with E-state index in [4.69, 9.17) is 16.1 Å². The van der Waals surface area contributed by atoms with Gasteiger partial charge in [0, 0.05) is 31.3 Å². The number of hydrogen-bond acceptors (Lipinski definition) is 7. The van der Waals surface area contributed by atoms with Gasteiger partial charge in [-0.05, 0) is 43.3 Å². The molecule has 4 aromatic heterocycles. The Bertz CT molecular complexity index is 1380. The summed E-state index contributed by atoms with van der Waals surface area (Å²) in [5, 5.41) is 7.24. The van der Waals surface area contributed by atoms with Crippen molar-refractivity contribution in [2.75, 3.05) is 0 Å². The minimum atomic E-state index is -0.122. The molecule has 5 aromatic rings. The van der Waals surface area contributed by atoms with Gasteiger partial charge in [0.25, 0.3) is 5.56 Å². The number of fused-ring (bicyclic) bond motifs is 1. The van der Waals surface area contributed by atoms with E-state index < -0.39 is 0 Å². The molecule has 5 rings (SSSR count). The third-order valence-electron chi connectivity index (χ3n) is 4.44. The Morgan fingerprint density at radius 2 is 2.00 bits per heavy atom. The first kappa shape index (κ1) is 18.2. The molecular weight excluding hydrogens is 428 g/mol. The van der Waals surface area contributed by atoms with E-state index in [1.165, 1.54) is 27.1 Å². The third-order valence-corrected chi connectivity index (χ3v) is 6.61. The molecular formula is C20H13ClN4O2S2. The molecule has 0 saturated heterocycles. The van der Waals surface area contributed by atoms with Crippen molar-refractivity contribution in [3.63, 3.8) is 0 Å². The number of nitrogens with zero attached hydrogens (tertiary/aromatic N) is 4. The van der Waals surface area contributed by atoms with Crippen LogP contribution < -0.4 is 5.56 Å². The number of halogens is 1. The van der Waals surface area contributed by atoms with Crippen molar-refractivity contribution in [1.82, 2.24) is 19.7 Å². The van der Waals surface area contributed by atoms with Gasteiger partial charge >= 0.3 is 0 Å².